The Morgan fingerprint density at radius 2 is 1.87 bits per heavy atom. The molecule has 1 aliphatic heterocycles. The van der Waals surface area contributed by atoms with E-state index in [1.165, 1.54) is 0 Å². The number of ether oxygens (including phenoxy) is 1. The van der Waals surface area contributed by atoms with E-state index < -0.39 is 10.8 Å². The minimum atomic E-state index is -0.947. The first-order valence-electron chi connectivity index (χ1n) is 10.1. The van der Waals surface area contributed by atoms with Crippen molar-refractivity contribution in [2.75, 3.05) is 26.5 Å². The van der Waals surface area contributed by atoms with Gasteiger partial charge in [-0.25, -0.2) is 0 Å². The molecular formula is C23H28N2O4S. The molecule has 1 saturated heterocycles. The zero-order valence-corrected chi connectivity index (χ0v) is 18.2. The molecule has 0 aliphatic carbocycles. The summed E-state index contributed by atoms with van der Waals surface area (Å²) in [5.74, 6) is 1.11. The Bertz CT molecular complexity index is 923. The molecule has 1 heterocycles. The molecule has 1 N–H and O–H groups in total. The molecule has 1 fully saturated rings. The molecule has 0 saturated carbocycles. The zero-order chi connectivity index (χ0) is 21.5. The van der Waals surface area contributed by atoms with Crippen LogP contribution in [0.2, 0.25) is 0 Å². The molecular weight excluding hydrogens is 400 g/mol. The molecule has 7 heteroatoms. The summed E-state index contributed by atoms with van der Waals surface area (Å²) in [7, 11) is 0.659. The Morgan fingerprint density at radius 1 is 1.13 bits per heavy atom. The first kappa shape index (κ1) is 22.0. The van der Waals surface area contributed by atoms with Crippen LogP contribution in [0.1, 0.15) is 34.3 Å². The molecule has 1 atom stereocenters. The number of rotatable bonds is 7. The highest BCUT2D eigenvalue weighted by Crippen LogP contribution is 2.20. The average Bonchev–Trinajstić information content (AvgIpc) is 2.74. The normalized spacial score (nSPS) is 15.5. The highest BCUT2D eigenvalue weighted by atomic mass is 32.2. The predicted octanol–water partition coefficient (Wildman–Crippen LogP) is 2.54. The van der Waals surface area contributed by atoms with Crippen LogP contribution < -0.4 is 10.1 Å². The van der Waals surface area contributed by atoms with Crippen LogP contribution in [-0.2, 0) is 27.8 Å². The topological polar surface area (TPSA) is 75.7 Å². The van der Waals surface area contributed by atoms with Gasteiger partial charge in [-0.05, 0) is 36.6 Å². The maximum absolute atomic E-state index is 12.7. The number of benzene rings is 2. The largest absolute Gasteiger partial charge is 0.496 e. The number of hydrogen-bond acceptors (Lipinski definition) is 4. The molecule has 3 rings (SSSR count). The molecule has 0 bridgehead atoms. The lowest BCUT2D eigenvalue weighted by molar-refractivity contribution is -0.131. The van der Waals surface area contributed by atoms with Gasteiger partial charge in [0.15, 0.2) is 0 Å². The third-order valence-corrected chi connectivity index (χ3v) is 6.02. The molecule has 2 aromatic rings. The summed E-state index contributed by atoms with van der Waals surface area (Å²) in [6.07, 6.45) is 3.41. The molecule has 6 nitrogen and oxygen atoms in total. The van der Waals surface area contributed by atoms with E-state index in [4.69, 9.17) is 4.74 Å². The number of para-hydroxylation sites is 1. The highest BCUT2D eigenvalue weighted by molar-refractivity contribution is 7.83. The maximum Gasteiger partial charge on any atom is 0.251 e. The van der Waals surface area contributed by atoms with Crippen molar-refractivity contribution in [2.45, 2.75) is 31.1 Å². The Hall–Kier alpha value is -2.67. The van der Waals surface area contributed by atoms with Gasteiger partial charge < -0.3 is 15.0 Å². The zero-order valence-electron chi connectivity index (χ0n) is 17.4. The summed E-state index contributed by atoms with van der Waals surface area (Å²) >= 11 is 0. The fourth-order valence-electron chi connectivity index (χ4n) is 3.70. The van der Waals surface area contributed by atoms with Crippen molar-refractivity contribution in [3.05, 3.63) is 65.2 Å². The van der Waals surface area contributed by atoms with Crippen LogP contribution in [0.4, 0.5) is 0 Å². The lowest BCUT2D eigenvalue weighted by atomic mass is 10.0. The van der Waals surface area contributed by atoms with Crippen molar-refractivity contribution in [3.8, 4) is 5.75 Å². The summed E-state index contributed by atoms with van der Waals surface area (Å²) < 4.78 is 16.8. The van der Waals surface area contributed by atoms with Gasteiger partial charge in [0.1, 0.15) is 5.75 Å². The number of amides is 2. The maximum atomic E-state index is 12.7. The van der Waals surface area contributed by atoms with Gasteiger partial charge in [-0.2, -0.15) is 0 Å². The highest BCUT2D eigenvalue weighted by Gasteiger charge is 2.24. The van der Waals surface area contributed by atoms with Gasteiger partial charge in [0.25, 0.3) is 5.91 Å². The van der Waals surface area contributed by atoms with Crippen LogP contribution in [0, 0.1) is 0 Å². The molecule has 160 valence electrons. The Balaban J connectivity index is 1.51. The van der Waals surface area contributed by atoms with E-state index in [-0.39, 0.29) is 17.9 Å². The lowest BCUT2D eigenvalue weighted by Crippen LogP contribution is -2.47. The number of carbonyl (C=O) groups excluding carboxylic acids is 2. The third-order valence-electron chi connectivity index (χ3n) is 5.28. The predicted molar refractivity (Wildman–Crippen MR) is 118 cm³/mol. The minimum absolute atomic E-state index is 0.0387. The SMILES string of the molecule is COc1ccccc1CC(=O)N1CCC(NC(=O)c2cccc(CS(C)=O)c2)CC1. The van der Waals surface area contributed by atoms with Crippen LogP contribution >= 0.6 is 0 Å². The van der Waals surface area contributed by atoms with Crippen molar-refractivity contribution in [3.63, 3.8) is 0 Å². The Labute approximate surface area is 180 Å². The van der Waals surface area contributed by atoms with Crippen molar-refractivity contribution in [2.24, 2.45) is 0 Å². The third kappa shape index (κ3) is 5.92. The molecule has 1 unspecified atom stereocenters. The number of hydrogen-bond donors (Lipinski definition) is 1. The minimum Gasteiger partial charge on any atom is -0.496 e. The molecule has 0 spiro atoms. The van der Waals surface area contributed by atoms with Crippen LogP contribution in [0.3, 0.4) is 0 Å². The summed E-state index contributed by atoms with van der Waals surface area (Å²) in [4.78, 5) is 27.1. The van der Waals surface area contributed by atoms with Crippen LogP contribution in [0.15, 0.2) is 48.5 Å². The Morgan fingerprint density at radius 3 is 2.57 bits per heavy atom. The monoisotopic (exact) mass is 428 g/mol. The van der Waals surface area contributed by atoms with Crippen molar-refractivity contribution < 1.29 is 18.5 Å². The molecule has 2 amide bonds. The van der Waals surface area contributed by atoms with Gasteiger partial charge in [-0.15, -0.1) is 0 Å². The number of methoxy groups -OCH3 is 1. The standard InChI is InChI=1S/C23H28N2O4S/c1-29-21-9-4-3-7-18(21)15-22(26)25-12-10-20(11-13-25)24-23(27)19-8-5-6-17(14-19)16-30(2)28/h3-9,14,20H,10-13,15-16H2,1-2H3,(H,24,27). The summed E-state index contributed by atoms with van der Waals surface area (Å²) in [5, 5.41) is 3.07. The molecule has 0 aromatic heterocycles. The number of nitrogens with one attached hydrogen (secondary N) is 1. The smallest absolute Gasteiger partial charge is 0.251 e. The molecule has 30 heavy (non-hydrogen) atoms. The summed E-state index contributed by atoms with van der Waals surface area (Å²) in [6, 6.07) is 14.9. The second-order valence-electron chi connectivity index (χ2n) is 7.54. The van der Waals surface area contributed by atoms with Crippen LogP contribution in [0.25, 0.3) is 0 Å². The second-order valence-corrected chi connectivity index (χ2v) is 8.97. The van der Waals surface area contributed by atoms with E-state index in [0.29, 0.717) is 30.8 Å². The first-order chi connectivity index (χ1) is 14.5. The summed E-state index contributed by atoms with van der Waals surface area (Å²) in [5.41, 5.74) is 2.35. The summed E-state index contributed by atoms with van der Waals surface area (Å²) in [6.45, 7) is 1.24. The quantitative estimate of drug-likeness (QED) is 0.735. The fraction of sp³-hybridized carbons (Fsp3) is 0.391. The number of carbonyl (C=O) groups is 2. The van der Waals surface area contributed by atoms with Gasteiger partial charge in [0.05, 0.1) is 13.5 Å². The van der Waals surface area contributed by atoms with Crippen molar-refractivity contribution >= 4 is 22.6 Å². The molecule has 1 aliphatic rings. The first-order valence-corrected chi connectivity index (χ1v) is 11.8. The number of nitrogens with zero attached hydrogens (tertiary/aromatic N) is 1. The Kier molecular flexibility index (Phi) is 7.63. The average molecular weight is 429 g/mol. The second kappa shape index (κ2) is 10.4. The van der Waals surface area contributed by atoms with Crippen molar-refractivity contribution in [1.82, 2.24) is 10.2 Å². The fourth-order valence-corrected chi connectivity index (χ4v) is 4.35. The van der Waals surface area contributed by atoms with Gasteiger partial charge in [-0.3, -0.25) is 13.8 Å². The van der Waals surface area contributed by atoms with E-state index in [1.54, 1.807) is 25.5 Å². The van der Waals surface area contributed by atoms with Gasteiger partial charge in [-0.1, -0.05) is 30.3 Å². The van der Waals surface area contributed by atoms with Gasteiger partial charge in [0.2, 0.25) is 5.91 Å². The van der Waals surface area contributed by atoms with E-state index in [2.05, 4.69) is 5.32 Å². The molecule has 0 radical (unpaired) electrons. The van der Waals surface area contributed by atoms with Crippen molar-refractivity contribution in [1.29, 1.82) is 0 Å². The van der Waals surface area contributed by atoms with E-state index in [1.807, 2.05) is 41.3 Å². The van der Waals surface area contributed by atoms with Crippen LogP contribution in [-0.4, -0.2) is 53.4 Å². The lowest BCUT2D eigenvalue weighted by Gasteiger charge is -2.32. The number of likely N-dealkylation sites (tertiary alicyclic amines) is 1. The van der Waals surface area contributed by atoms with Gasteiger partial charge in [0, 0.05) is 53.1 Å². The number of piperidine rings is 1. The van der Waals surface area contributed by atoms with E-state index >= 15 is 0 Å². The van der Waals surface area contributed by atoms with E-state index in [0.717, 1.165) is 29.7 Å². The van der Waals surface area contributed by atoms with E-state index in [9.17, 15) is 13.8 Å². The molecule has 2 aromatic carbocycles. The van der Waals surface area contributed by atoms with Gasteiger partial charge >= 0.3 is 0 Å². The van der Waals surface area contributed by atoms with Crippen LogP contribution in [0.5, 0.6) is 5.75 Å².